The number of benzene rings is 1. The van der Waals surface area contributed by atoms with Crippen LogP contribution in [0.25, 0.3) is 10.9 Å². The third kappa shape index (κ3) is 3.46. The maximum atomic E-state index is 12.2. The summed E-state index contributed by atoms with van der Waals surface area (Å²) in [5, 5.41) is 9.76. The van der Waals surface area contributed by atoms with Crippen LogP contribution in [-0.4, -0.2) is 34.4 Å². The molecule has 0 bridgehead atoms. The molecule has 6 heteroatoms. The van der Waals surface area contributed by atoms with Crippen molar-refractivity contribution in [2.45, 2.75) is 26.3 Å². The Bertz CT molecular complexity index is 691. The van der Waals surface area contributed by atoms with Gasteiger partial charge in [0.05, 0.1) is 12.1 Å². The van der Waals surface area contributed by atoms with Gasteiger partial charge in [-0.1, -0.05) is 32.0 Å². The van der Waals surface area contributed by atoms with Gasteiger partial charge in [0.15, 0.2) is 0 Å². The van der Waals surface area contributed by atoms with Gasteiger partial charge in [0.1, 0.15) is 6.04 Å². The van der Waals surface area contributed by atoms with Gasteiger partial charge in [-0.2, -0.15) is 0 Å². The molecule has 3 N–H and O–H groups in total. The van der Waals surface area contributed by atoms with E-state index in [1.165, 1.54) is 4.57 Å². The first-order chi connectivity index (χ1) is 10.4. The molecule has 2 rings (SSSR count). The zero-order valence-electron chi connectivity index (χ0n) is 12.7. The molecule has 0 saturated heterocycles. The SMILES string of the molecule is CC(C)COC(=O)n1cc(C[C@H](N)C(=O)O)c2ccccc21. The quantitative estimate of drug-likeness (QED) is 0.883. The van der Waals surface area contributed by atoms with Crippen LogP contribution in [0.1, 0.15) is 19.4 Å². The lowest BCUT2D eigenvalue weighted by Crippen LogP contribution is -2.32. The van der Waals surface area contributed by atoms with Crippen LogP contribution in [0.2, 0.25) is 0 Å². The van der Waals surface area contributed by atoms with Crippen molar-refractivity contribution in [2.75, 3.05) is 6.61 Å². The Labute approximate surface area is 128 Å². The fraction of sp³-hybridized carbons (Fsp3) is 0.375. The summed E-state index contributed by atoms with van der Waals surface area (Å²) < 4.78 is 6.64. The monoisotopic (exact) mass is 304 g/mol. The number of aliphatic carboxylic acids is 1. The lowest BCUT2D eigenvalue weighted by Gasteiger charge is -2.08. The molecular weight excluding hydrogens is 284 g/mol. The van der Waals surface area contributed by atoms with Crippen LogP contribution in [0, 0.1) is 5.92 Å². The van der Waals surface area contributed by atoms with E-state index in [1.54, 1.807) is 12.3 Å². The van der Waals surface area contributed by atoms with Crippen molar-refractivity contribution in [2.24, 2.45) is 11.7 Å². The standard InChI is InChI=1S/C16H20N2O4/c1-10(2)9-22-16(21)18-8-11(7-13(17)15(19)20)12-5-3-4-6-14(12)18/h3-6,8,10,13H,7,9,17H2,1-2H3,(H,19,20)/t13-/m0/s1. The van der Waals surface area contributed by atoms with E-state index >= 15 is 0 Å². The molecule has 0 saturated carbocycles. The minimum atomic E-state index is -1.07. The molecule has 1 heterocycles. The summed E-state index contributed by atoms with van der Waals surface area (Å²) >= 11 is 0. The lowest BCUT2D eigenvalue weighted by atomic mass is 10.1. The normalized spacial score (nSPS) is 12.5. The highest BCUT2D eigenvalue weighted by atomic mass is 16.5. The summed E-state index contributed by atoms with van der Waals surface area (Å²) in [5.74, 6) is -0.829. The van der Waals surface area contributed by atoms with Crippen molar-refractivity contribution >= 4 is 23.0 Å². The Hall–Kier alpha value is -2.34. The van der Waals surface area contributed by atoms with Crippen molar-refractivity contribution in [1.29, 1.82) is 0 Å². The molecular formula is C16H20N2O4. The predicted octanol–water partition coefficient (Wildman–Crippen LogP) is 2.24. The fourth-order valence-corrected chi connectivity index (χ4v) is 2.20. The van der Waals surface area contributed by atoms with Crippen molar-refractivity contribution in [3.05, 3.63) is 36.0 Å². The molecule has 118 valence electrons. The molecule has 0 aliphatic carbocycles. The van der Waals surface area contributed by atoms with E-state index in [2.05, 4.69) is 0 Å². The Morgan fingerprint density at radius 1 is 1.32 bits per heavy atom. The van der Waals surface area contributed by atoms with Gasteiger partial charge in [0.2, 0.25) is 0 Å². The number of carboxylic acid groups (broad SMARTS) is 1. The number of para-hydroxylation sites is 1. The average Bonchev–Trinajstić information content (AvgIpc) is 2.83. The molecule has 0 amide bonds. The zero-order valence-corrected chi connectivity index (χ0v) is 12.7. The first kappa shape index (κ1) is 16.0. The van der Waals surface area contributed by atoms with Gasteiger partial charge in [-0.25, -0.2) is 4.79 Å². The van der Waals surface area contributed by atoms with Gasteiger partial charge >= 0.3 is 12.1 Å². The number of nitrogens with zero attached hydrogens (tertiary/aromatic N) is 1. The van der Waals surface area contributed by atoms with Gasteiger partial charge in [-0.3, -0.25) is 9.36 Å². The molecule has 2 aromatic rings. The molecule has 0 unspecified atom stereocenters. The summed E-state index contributed by atoms with van der Waals surface area (Å²) in [4.78, 5) is 23.1. The van der Waals surface area contributed by atoms with Crippen molar-refractivity contribution < 1.29 is 19.4 Å². The second-order valence-corrected chi connectivity index (χ2v) is 5.66. The van der Waals surface area contributed by atoms with Crippen LogP contribution >= 0.6 is 0 Å². The highest BCUT2D eigenvalue weighted by Crippen LogP contribution is 2.22. The molecule has 0 aliphatic heterocycles. The van der Waals surface area contributed by atoms with Crippen molar-refractivity contribution in [3.63, 3.8) is 0 Å². The zero-order chi connectivity index (χ0) is 16.3. The van der Waals surface area contributed by atoms with Gasteiger partial charge in [-0.05, 0) is 17.5 Å². The summed E-state index contributed by atoms with van der Waals surface area (Å²) in [7, 11) is 0. The summed E-state index contributed by atoms with van der Waals surface area (Å²) in [6, 6.07) is 6.27. The fourth-order valence-electron chi connectivity index (χ4n) is 2.20. The van der Waals surface area contributed by atoms with Crippen LogP contribution in [-0.2, 0) is 16.0 Å². The molecule has 6 nitrogen and oxygen atoms in total. The molecule has 0 aliphatic rings. The second-order valence-electron chi connectivity index (χ2n) is 5.66. The number of rotatable bonds is 5. The summed E-state index contributed by atoms with van der Waals surface area (Å²) in [6.07, 6.45) is 1.29. The molecule has 1 aromatic carbocycles. The average molecular weight is 304 g/mol. The highest BCUT2D eigenvalue weighted by molar-refractivity contribution is 5.92. The number of hydrogen-bond acceptors (Lipinski definition) is 4. The smallest absolute Gasteiger partial charge is 0.418 e. The van der Waals surface area contributed by atoms with E-state index < -0.39 is 18.1 Å². The minimum absolute atomic E-state index is 0.153. The number of nitrogens with two attached hydrogens (primary N) is 1. The van der Waals surface area contributed by atoms with Gasteiger partial charge in [0.25, 0.3) is 0 Å². The van der Waals surface area contributed by atoms with E-state index in [0.29, 0.717) is 17.7 Å². The van der Waals surface area contributed by atoms with E-state index in [-0.39, 0.29) is 12.3 Å². The first-order valence-corrected chi connectivity index (χ1v) is 7.14. The molecule has 1 aromatic heterocycles. The maximum absolute atomic E-state index is 12.2. The second kappa shape index (κ2) is 6.62. The van der Waals surface area contributed by atoms with Gasteiger partial charge in [-0.15, -0.1) is 0 Å². The van der Waals surface area contributed by atoms with Crippen molar-refractivity contribution in [3.8, 4) is 0 Å². The Balaban J connectivity index is 2.35. The number of carboxylic acids is 1. The summed E-state index contributed by atoms with van der Waals surface area (Å²) in [6.45, 7) is 4.24. The van der Waals surface area contributed by atoms with E-state index in [9.17, 15) is 9.59 Å². The van der Waals surface area contributed by atoms with Crippen LogP contribution in [0.3, 0.4) is 0 Å². The van der Waals surface area contributed by atoms with Crippen LogP contribution in [0.15, 0.2) is 30.5 Å². The molecule has 22 heavy (non-hydrogen) atoms. The largest absolute Gasteiger partial charge is 0.480 e. The number of aromatic nitrogens is 1. The topological polar surface area (TPSA) is 94.5 Å². The summed E-state index contributed by atoms with van der Waals surface area (Å²) in [5.41, 5.74) is 7.00. The Morgan fingerprint density at radius 2 is 2.00 bits per heavy atom. The van der Waals surface area contributed by atoms with Gasteiger partial charge in [0, 0.05) is 18.0 Å². The molecule has 0 fully saturated rings. The Morgan fingerprint density at radius 3 is 2.64 bits per heavy atom. The number of hydrogen-bond donors (Lipinski definition) is 2. The number of fused-ring (bicyclic) bond motifs is 1. The van der Waals surface area contributed by atoms with E-state index in [4.69, 9.17) is 15.6 Å². The molecule has 1 atom stereocenters. The molecule has 0 spiro atoms. The van der Waals surface area contributed by atoms with Gasteiger partial charge < -0.3 is 15.6 Å². The third-order valence-electron chi connectivity index (χ3n) is 3.29. The molecule has 0 radical (unpaired) electrons. The van der Waals surface area contributed by atoms with Crippen molar-refractivity contribution in [1.82, 2.24) is 4.57 Å². The predicted molar refractivity (Wildman–Crippen MR) is 82.8 cm³/mol. The maximum Gasteiger partial charge on any atom is 0.418 e. The van der Waals surface area contributed by atoms with Crippen LogP contribution in [0.5, 0.6) is 0 Å². The minimum Gasteiger partial charge on any atom is -0.480 e. The van der Waals surface area contributed by atoms with Crippen LogP contribution in [0.4, 0.5) is 4.79 Å². The highest BCUT2D eigenvalue weighted by Gasteiger charge is 2.19. The Kier molecular flexibility index (Phi) is 4.82. The van der Waals surface area contributed by atoms with Crippen LogP contribution < -0.4 is 5.73 Å². The first-order valence-electron chi connectivity index (χ1n) is 7.14. The number of ether oxygens (including phenoxy) is 1. The lowest BCUT2D eigenvalue weighted by molar-refractivity contribution is -0.138. The van der Waals surface area contributed by atoms with E-state index in [1.807, 2.05) is 32.0 Å². The van der Waals surface area contributed by atoms with E-state index in [0.717, 1.165) is 5.39 Å². The number of carbonyl (C=O) groups is 2. The third-order valence-corrected chi connectivity index (χ3v) is 3.29. The number of carbonyl (C=O) groups excluding carboxylic acids is 1.